The van der Waals surface area contributed by atoms with Gasteiger partial charge in [-0.3, -0.25) is 0 Å². The molecule has 1 aromatic carbocycles. The average molecular weight is 243 g/mol. The first-order valence-corrected chi connectivity index (χ1v) is 7.00. The van der Waals surface area contributed by atoms with E-state index in [0.717, 1.165) is 0 Å². The van der Waals surface area contributed by atoms with Crippen molar-refractivity contribution in [1.82, 2.24) is 0 Å². The molecule has 0 spiro atoms. The molecular weight excluding hydrogens is 226 g/mol. The Kier molecular flexibility index (Phi) is 2.77. The van der Waals surface area contributed by atoms with Crippen molar-refractivity contribution in [2.45, 2.75) is 25.3 Å². The van der Waals surface area contributed by atoms with Gasteiger partial charge in [0.05, 0.1) is 0 Å². The number of hydrogen-bond acceptors (Lipinski definition) is 2. The summed E-state index contributed by atoms with van der Waals surface area (Å²) in [6, 6.07) is 13.1. The van der Waals surface area contributed by atoms with Crippen LogP contribution >= 0.6 is 11.3 Å². The molecule has 0 aliphatic heterocycles. The van der Waals surface area contributed by atoms with Crippen LogP contribution in [0.2, 0.25) is 0 Å². The van der Waals surface area contributed by atoms with Gasteiger partial charge in [-0.25, -0.2) is 0 Å². The first-order valence-electron chi connectivity index (χ1n) is 6.12. The van der Waals surface area contributed by atoms with Crippen LogP contribution in [0.5, 0.6) is 0 Å². The number of rotatable bonds is 3. The number of benzene rings is 1. The van der Waals surface area contributed by atoms with Crippen LogP contribution in [-0.4, -0.2) is 0 Å². The van der Waals surface area contributed by atoms with Crippen molar-refractivity contribution in [2.75, 3.05) is 0 Å². The van der Waals surface area contributed by atoms with E-state index in [1.807, 2.05) is 0 Å². The highest BCUT2D eigenvalue weighted by Crippen LogP contribution is 2.53. The Bertz CT molecular complexity index is 503. The molecule has 0 amide bonds. The van der Waals surface area contributed by atoms with Crippen LogP contribution in [0.25, 0.3) is 0 Å². The smallest absolute Gasteiger partial charge is 0.0340 e. The highest BCUT2D eigenvalue weighted by Gasteiger charge is 2.43. The molecule has 2 heteroatoms. The van der Waals surface area contributed by atoms with Gasteiger partial charge in [0.15, 0.2) is 0 Å². The molecule has 1 fully saturated rings. The van der Waals surface area contributed by atoms with Crippen LogP contribution in [0, 0.1) is 12.8 Å². The van der Waals surface area contributed by atoms with Crippen LogP contribution in [0.15, 0.2) is 41.8 Å². The highest BCUT2D eigenvalue weighted by molar-refractivity contribution is 7.10. The predicted molar refractivity (Wildman–Crippen MR) is 73.3 cm³/mol. The third-order valence-corrected chi connectivity index (χ3v) is 4.65. The largest absolute Gasteiger partial charge is 0.324 e. The molecule has 88 valence electrons. The molecule has 0 bridgehead atoms. The van der Waals surface area contributed by atoms with Crippen LogP contribution < -0.4 is 5.73 Å². The van der Waals surface area contributed by atoms with Gasteiger partial charge in [0.1, 0.15) is 0 Å². The van der Waals surface area contributed by atoms with Crippen LogP contribution in [0.4, 0.5) is 0 Å². The first kappa shape index (κ1) is 11.0. The summed E-state index contributed by atoms with van der Waals surface area (Å²) in [5, 5.41) is 2.14. The summed E-state index contributed by atoms with van der Waals surface area (Å²) in [6.07, 6.45) is 1.24. The Morgan fingerprint density at radius 3 is 2.65 bits per heavy atom. The zero-order valence-electron chi connectivity index (χ0n) is 9.97. The molecule has 3 rings (SSSR count). The second kappa shape index (κ2) is 4.28. The fraction of sp³-hybridized carbons (Fsp3) is 0.333. The lowest BCUT2D eigenvalue weighted by molar-refractivity contribution is 0.615. The lowest BCUT2D eigenvalue weighted by Gasteiger charge is -2.11. The average Bonchev–Trinajstić information content (AvgIpc) is 3.05. The van der Waals surface area contributed by atoms with Gasteiger partial charge in [-0.1, -0.05) is 30.3 Å². The van der Waals surface area contributed by atoms with Gasteiger partial charge in [-0.15, -0.1) is 11.3 Å². The fourth-order valence-corrected chi connectivity index (χ4v) is 3.43. The van der Waals surface area contributed by atoms with Crippen LogP contribution in [0.1, 0.15) is 34.4 Å². The van der Waals surface area contributed by atoms with E-state index in [1.54, 1.807) is 11.3 Å². The van der Waals surface area contributed by atoms with E-state index >= 15 is 0 Å². The van der Waals surface area contributed by atoms with Gasteiger partial charge in [-0.05, 0) is 47.8 Å². The molecule has 0 radical (unpaired) electrons. The summed E-state index contributed by atoms with van der Waals surface area (Å²) in [6.45, 7) is 2.17. The van der Waals surface area contributed by atoms with Gasteiger partial charge in [0.2, 0.25) is 0 Å². The molecule has 1 saturated carbocycles. The Hall–Kier alpha value is -1.12. The van der Waals surface area contributed by atoms with E-state index in [4.69, 9.17) is 5.73 Å². The predicted octanol–water partition coefficient (Wildman–Crippen LogP) is 3.86. The van der Waals surface area contributed by atoms with Crippen molar-refractivity contribution in [1.29, 1.82) is 0 Å². The lowest BCUT2D eigenvalue weighted by atomic mass is 10.0. The van der Waals surface area contributed by atoms with Crippen molar-refractivity contribution in [3.63, 3.8) is 0 Å². The third-order valence-electron chi connectivity index (χ3n) is 3.79. The maximum absolute atomic E-state index is 6.38. The van der Waals surface area contributed by atoms with Gasteiger partial charge >= 0.3 is 0 Å². The fourth-order valence-electron chi connectivity index (χ4n) is 2.67. The zero-order valence-corrected chi connectivity index (χ0v) is 10.8. The van der Waals surface area contributed by atoms with E-state index in [-0.39, 0.29) is 6.04 Å². The Balaban J connectivity index is 1.75. The summed E-state index contributed by atoms with van der Waals surface area (Å²) < 4.78 is 0. The van der Waals surface area contributed by atoms with E-state index in [1.165, 1.54) is 22.4 Å². The van der Waals surface area contributed by atoms with E-state index in [9.17, 15) is 0 Å². The SMILES string of the molecule is Cc1sccc1C(N)C1CC1c1ccccc1. The highest BCUT2D eigenvalue weighted by atomic mass is 32.1. The summed E-state index contributed by atoms with van der Waals surface area (Å²) in [4.78, 5) is 1.37. The Morgan fingerprint density at radius 2 is 2.00 bits per heavy atom. The van der Waals surface area contributed by atoms with Crippen molar-refractivity contribution < 1.29 is 0 Å². The van der Waals surface area contributed by atoms with E-state index in [0.29, 0.717) is 11.8 Å². The number of hydrogen-bond donors (Lipinski definition) is 1. The molecule has 3 atom stereocenters. The normalized spacial score (nSPS) is 24.6. The maximum Gasteiger partial charge on any atom is 0.0340 e. The van der Waals surface area contributed by atoms with Gasteiger partial charge < -0.3 is 5.73 Å². The summed E-state index contributed by atoms with van der Waals surface area (Å²) in [5.41, 5.74) is 9.17. The molecule has 17 heavy (non-hydrogen) atoms. The molecule has 1 aromatic heterocycles. The standard InChI is InChI=1S/C15H17NS/c1-10-12(7-8-17-10)15(16)14-9-13(14)11-5-3-2-4-6-11/h2-8,13-15H,9,16H2,1H3. The molecule has 2 aromatic rings. The summed E-state index contributed by atoms with van der Waals surface area (Å²) >= 11 is 1.79. The first-order chi connectivity index (χ1) is 8.27. The number of aryl methyl sites for hydroxylation is 1. The molecule has 1 heterocycles. The zero-order chi connectivity index (χ0) is 11.8. The van der Waals surface area contributed by atoms with Crippen molar-refractivity contribution in [2.24, 2.45) is 11.7 Å². The molecular formula is C15H17NS. The Labute approximate surface area is 106 Å². The van der Waals surface area contributed by atoms with Crippen LogP contribution in [-0.2, 0) is 0 Å². The minimum Gasteiger partial charge on any atom is -0.324 e. The Morgan fingerprint density at radius 1 is 1.24 bits per heavy atom. The molecule has 1 aliphatic rings. The second-order valence-electron chi connectivity index (χ2n) is 4.87. The minimum absolute atomic E-state index is 0.214. The van der Waals surface area contributed by atoms with Gasteiger partial charge in [-0.2, -0.15) is 0 Å². The lowest BCUT2D eigenvalue weighted by Crippen LogP contribution is -2.13. The molecule has 0 saturated heterocycles. The van der Waals surface area contributed by atoms with Crippen molar-refractivity contribution in [3.8, 4) is 0 Å². The monoisotopic (exact) mass is 243 g/mol. The topological polar surface area (TPSA) is 26.0 Å². The molecule has 3 unspecified atom stereocenters. The third kappa shape index (κ3) is 2.03. The van der Waals surface area contributed by atoms with Crippen LogP contribution in [0.3, 0.4) is 0 Å². The van der Waals surface area contributed by atoms with Crippen molar-refractivity contribution >= 4 is 11.3 Å². The van der Waals surface area contributed by atoms with E-state index < -0.39 is 0 Å². The molecule has 1 aliphatic carbocycles. The maximum atomic E-state index is 6.38. The number of nitrogens with two attached hydrogens (primary N) is 1. The quantitative estimate of drug-likeness (QED) is 0.870. The summed E-state index contributed by atoms with van der Waals surface area (Å²) in [7, 11) is 0. The van der Waals surface area contributed by atoms with E-state index in [2.05, 4.69) is 48.7 Å². The van der Waals surface area contributed by atoms with Gasteiger partial charge in [0, 0.05) is 10.9 Å². The number of thiophene rings is 1. The van der Waals surface area contributed by atoms with Crippen molar-refractivity contribution in [3.05, 3.63) is 57.8 Å². The molecule has 2 N–H and O–H groups in total. The minimum atomic E-state index is 0.214. The van der Waals surface area contributed by atoms with Gasteiger partial charge in [0.25, 0.3) is 0 Å². The summed E-state index contributed by atoms with van der Waals surface area (Å²) in [5.74, 6) is 1.30. The molecule has 1 nitrogen and oxygen atoms in total. The second-order valence-corrected chi connectivity index (χ2v) is 5.99.